The first-order valence-electron chi connectivity index (χ1n) is 6.15. The Morgan fingerprint density at radius 2 is 1.89 bits per heavy atom. The molecule has 0 bridgehead atoms. The van der Waals surface area contributed by atoms with Gasteiger partial charge in [-0.05, 0) is 48.6 Å². The summed E-state index contributed by atoms with van der Waals surface area (Å²) in [6, 6.07) is 15.7. The van der Waals surface area contributed by atoms with Crippen LogP contribution in [0.4, 0.5) is 0 Å². The van der Waals surface area contributed by atoms with E-state index in [0.717, 1.165) is 12.0 Å². The fourth-order valence-corrected chi connectivity index (χ4v) is 2.26. The van der Waals surface area contributed by atoms with E-state index in [1.807, 2.05) is 36.4 Å². The molecule has 0 aliphatic heterocycles. The van der Waals surface area contributed by atoms with Crippen LogP contribution in [0.3, 0.4) is 0 Å². The molecule has 1 unspecified atom stereocenters. The quantitative estimate of drug-likeness (QED) is 0.868. The smallest absolute Gasteiger partial charge is 0.0793 e. The van der Waals surface area contributed by atoms with Gasteiger partial charge in [0.15, 0.2) is 0 Å². The van der Waals surface area contributed by atoms with Gasteiger partial charge >= 0.3 is 0 Å². The highest BCUT2D eigenvalue weighted by Crippen LogP contribution is 2.22. The van der Waals surface area contributed by atoms with Gasteiger partial charge in [0, 0.05) is 5.02 Å². The Balaban J connectivity index is 2.00. The van der Waals surface area contributed by atoms with Crippen LogP contribution in [0.25, 0.3) is 0 Å². The first-order valence-corrected chi connectivity index (χ1v) is 6.52. The largest absolute Gasteiger partial charge is 0.388 e. The molecule has 0 fully saturated rings. The highest BCUT2D eigenvalue weighted by molar-refractivity contribution is 6.30. The molecule has 0 saturated carbocycles. The van der Waals surface area contributed by atoms with Crippen molar-refractivity contribution >= 4 is 11.6 Å². The zero-order chi connectivity index (χ0) is 13.0. The van der Waals surface area contributed by atoms with Gasteiger partial charge in [-0.25, -0.2) is 0 Å². The third-order valence-electron chi connectivity index (χ3n) is 3.18. The van der Waals surface area contributed by atoms with Gasteiger partial charge in [-0.2, -0.15) is 0 Å². The van der Waals surface area contributed by atoms with Crippen molar-refractivity contribution in [3.8, 4) is 0 Å². The Labute approximate surface area is 113 Å². The summed E-state index contributed by atoms with van der Waals surface area (Å²) in [5, 5.41) is 10.8. The highest BCUT2D eigenvalue weighted by Gasteiger charge is 2.08. The molecule has 1 nitrogen and oxygen atoms in total. The van der Waals surface area contributed by atoms with Crippen molar-refractivity contribution < 1.29 is 5.11 Å². The molecule has 0 heterocycles. The van der Waals surface area contributed by atoms with Crippen LogP contribution < -0.4 is 0 Å². The molecule has 0 aliphatic carbocycles. The van der Waals surface area contributed by atoms with Gasteiger partial charge in [0.1, 0.15) is 0 Å². The molecule has 1 atom stereocenters. The fraction of sp³-hybridized carbons (Fsp3) is 0.250. The average molecular weight is 261 g/mol. The molecule has 2 aromatic rings. The first kappa shape index (κ1) is 13.1. The second-order valence-corrected chi connectivity index (χ2v) is 4.97. The topological polar surface area (TPSA) is 20.2 Å². The number of aliphatic hydroxyl groups is 1. The number of hydrogen-bond acceptors (Lipinski definition) is 1. The zero-order valence-corrected chi connectivity index (χ0v) is 11.2. The van der Waals surface area contributed by atoms with E-state index in [0.29, 0.717) is 11.4 Å². The lowest BCUT2D eigenvalue weighted by molar-refractivity contribution is 0.168. The molecule has 0 amide bonds. The summed E-state index contributed by atoms with van der Waals surface area (Å²) in [5.41, 5.74) is 3.45. The lowest BCUT2D eigenvalue weighted by Gasteiger charge is -2.12. The predicted octanol–water partition coefficient (Wildman–Crippen LogP) is 4.31. The predicted molar refractivity (Wildman–Crippen MR) is 75.9 cm³/mol. The van der Waals surface area contributed by atoms with Crippen LogP contribution in [0.2, 0.25) is 5.02 Å². The molecular weight excluding hydrogens is 244 g/mol. The third-order valence-corrected chi connectivity index (χ3v) is 3.42. The van der Waals surface area contributed by atoms with Crippen LogP contribution in [0.15, 0.2) is 48.5 Å². The van der Waals surface area contributed by atoms with E-state index in [1.54, 1.807) is 0 Å². The maximum atomic E-state index is 10.1. The number of hydrogen-bond donors (Lipinski definition) is 1. The molecule has 0 saturated heterocycles. The molecule has 0 aliphatic rings. The van der Waals surface area contributed by atoms with Crippen LogP contribution in [0.1, 0.15) is 29.2 Å². The van der Waals surface area contributed by atoms with Crippen LogP contribution in [-0.4, -0.2) is 5.11 Å². The van der Waals surface area contributed by atoms with Crippen molar-refractivity contribution in [3.05, 3.63) is 70.2 Å². The second kappa shape index (κ2) is 6.03. The summed E-state index contributed by atoms with van der Waals surface area (Å²) in [5.74, 6) is 0. The SMILES string of the molecule is Cc1ccccc1CCC(O)c1cccc(Cl)c1. The standard InChI is InChI=1S/C16H17ClO/c1-12-5-2-3-6-13(12)9-10-16(18)14-7-4-8-15(17)11-14/h2-8,11,16,18H,9-10H2,1H3. The van der Waals surface area contributed by atoms with Crippen molar-refractivity contribution in [3.63, 3.8) is 0 Å². The van der Waals surface area contributed by atoms with E-state index in [1.165, 1.54) is 11.1 Å². The van der Waals surface area contributed by atoms with Gasteiger partial charge < -0.3 is 5.11 Å². The van der Waals surface area contributed by atoms with Crippen LogP contribution >= 0.6 is 11.6 Å². The van der Waals surface area contributed by atoms with Gasteiger partial charge in [0.25, 0.3) is 0 Å². The summed E-state index contributed by atoms with van der Waals surface area (Å²) < 4.78 is 0. The summed E-state index contributed by atoms with van der Waals surface area (Å²) in [6.07, 6.45) is 1.13. The van der Waals surface area contributed by atoms with E-state index >= 15 is 0 Å². The maximum Gasteiger partial charge on any atom is 0.0793 e. The number of rotatable bonds is 4. The third kappa shape index (κ3) is 3.34. The van der Waals surface area contributed by atoms with Crippen LogP contribution in [0.5, 0.6) is 0 Å². The molecule has 2 heteroatoms. The molecule has 18 heavy (non-hydrogen) atoms. The molecule has 0 aromatic heterocycles. The normalized spacial score (nSPS) is 12.4. The highest BCUT2D eigenvalue weighted by atomic mass is 35.5. The number of halogens is 1. The molecule has 1 N–H and O–H groups in total. The van der Waals surface area contributed by atoms with Crippen molar-refractivity contribution in [2.75, 3.05) is 0 Å². The van der Waals surface area contributed by atoms with Gasteiger partial charge in [-0.3, -0.25) is 0 Å². The molecule has 2 aromatic carbocycles. The minimum Gasteiger partial charge on any atom is -0.388 e. The summed E-state index contributed by atoms with van der Waals surface area (Å²) >= 11 is 5.92. The van der Waals surface area contributed by atoms with Crippen molar-refractivity contribution in [2.45, 2.75) is 25.9 Å². The van der Waals surface area contributed by atoms with E-state index in [4.69, 9.17) is 11.6 Å². The number of aliphatic hydroxyl groups excluding tert-OH is 1. The number of benzene rings is 2. The van der Waals surface area contributed by atoms with E-state index in [9.17, 15) is 5.11 Å². The van der Waals surface area contributed by atoms with E-state index in [-0.39, 0.29) is 0 Å². The first-order chi connectivity index (χ1) is 8.66. The Bertz CT molecular complexity index is 522. The van der Waals surface area contributed by atoms with Crippen molar-refractivity contribution in [2.24, 2.45) is 0 Å². The van der Waals surface area contributed by atoms with Gasteiger partial charge in [0.2, 0.25) is 0 Å². The average Bonchev–Trinajstić information content (AvgIpc) is 2.37. The van der Waals surface area contributed by atoms with Gasteiger partial charge in [0.05, 0.1) is 6.10 Å². The Morgan fingerprint density at radius 3 is 2.61 bits per heavy atom. The summed E-state index contributed by atoms with van der Waals surface area (Å²) in [4.78, 5) is 0. The lowest BCUT2D eigenvalue weighted by atomic mass is 9.99. The minimum absolute atomic E-state index is 0.455. The van der Waals surface area contributed by atoms with E-state index < -0.39 is 6.10 Å². The minimum atomic E-state index is -0.455. The summed E-state index contributed by atoms with van der Waals surface area (Å²) in [6.45, 7) is 2.10. The van der Waals surface area contributed by atoms with Gasteiger partial charge in [-0.1, -0.05) is 48.0 Å². The Morgan fingerprint density at radius 1 is 1.11 bits per heavy atom. The summed E-state index contributed by atoms with van der Waals surface area (Å²) in [7, 11) is 0. The Kier molecular flexibility index (Phi) is 4.40. The molecule has 2 rings (SSSR count). The lowest BCUT2D eigenvalue weighted by Crippen LogP contribution is -2.00. The van der Waals surface area contributed by atoms with Gasteiger partial charge in [-0.15, -0.1) is 0 Å². The monoisotopic (exact) mass is 260 g/mol. The number of aryl methyl sites for hydroxylation is 2. The molecule has 0 radical (unpaired) electrons. The van der Waals surface area contributed by atoms with Crippen molar-refractivity contribution in [1.82, 2.24) is 0 Å². The van der Waals surface area contributed by atoms with Crippen LogP contribution in [-0.2, 0) is 6.42 Å². The van der Waals surface area contributed by atoms with E-state index in [2.05, 4.69) is 19.1 Å². The zero-order valence-electron chi connectivity index (χ0n) is 10.4. The second-order valence-electron chi connectivity index (χ2n) is 4.54. The fourth-order valence-electron chi connectivity index (χ4n) is 2.06. The molecule has 0 spiro atoms. The molecular formula is C16H17ClO. The maximum absolute atomic E-state index is 10.1. The Hall–Kier alpha value is -1.31. The van der Waals surface area contributed by atoms with Crippen LogP contribution in [0, 0.1) is 6.92 Å². The van der Waals surface area contributed by atoms with Crippen molar-refractivity contribution in [1.29, 1.82) is 0 Å². The molecule has 94 valence electrons.